The van der Waals surface area contributed by atoms with Gasteiger partial charge in [-0.3, -0.25) is 9.52 Å². The predicted octanol–water partition coefficient (Wildman–Crippen LogP) is 2.62. The maximum atomic E-state index is 12.0. The number of hydrogen-bond donors (Lipinski definition) is 2. The van der Waals surface area contributed by atoms with Gasteiger partial charge in [-0.15, -0.1) is 0 Å². The number of benzene rings is 2. The van der Waals surface area contributed by atoms with E-state index in [0.29, 0.717) is 11.4 Å². The molecular weight excluding hydrogens is 340 g/mol. The highest BCUT2D eigenvalue weighted by Crippen LogP contribution is 2.18. The lowest BCUT2D eigenvalue weighted by Gasteiger charge is -2.16. The third-order valence-corrected chi connectivity index (χ3v) is 4.06. The van der Waals surface area contributed by atoms with E-state index in [9.17, 15) is 13.2 Å². The van der Waals surface area contributed by atoms with E-state index in [0.717, 1.165) is 17.4 Å². The summed E-state index contributed by atoms with van der Waals surface area (Å²) in [6.45, 7) is 3.71. The maximum absolute atomic E-state index is 12.0. The van der Waals surface area contributed by atoms with Crippen molar-refractivity contribution in [3.05, 3.63) is 59.7 Å². The fraction of sp³-hybridized carbons (Fsp3) is 0.278. The van der Waals surface area contributed by atoms with Crippen LogP contribution >= 0.6 is 0 Å². The molecule has 0 saturated heterocycles. The average Bonchev–Trinajstić information content (AvgIpc) is 2.53. The lowest BCUT2D eigenvalue weighted by Crippen LogP contribution is -2.31. The molecule has 1 amide bonds. The van der Waals surface area contributed by atoms with E-state index in [-0.39, 0.29) is 18.6 Å². The smallest absolute Gasteiger partial charge is 0.258 e. The second-order valence-corrected chi connectivity index (χ2v) is 7.64. The molecule has 25 heavy (non-hydrogen) atoms. The molecular formula is C18H22N2O4S. The molecule has 0 aliphatic carbocycles. The van der Waals surface area contributed by atoms with E-state index in [1.807, 2.05) is 44.2 Å². The molecule has 0 fully saturated rings. The topological polar surface area (TPSA) is 84.5 Å². The number of nitrogens with one attached hydrogen (secondary N) is 2. The zero-order chi connectivity index (χ0) is 18.4. The first-order chi connectivity index (χ1) is 11.7. The van der Waals surface area contributed by atoms with Crippen LogP contribution in [0.25, 0.3) is 0 Å². The fourth-order valence-corrected chi connectivity index (χ4v) is 2.79. The molecule has 134 valence electrons. The molecule has 6 nitrogen and oxygen atoms in total. The molecule has 0 saturated carbocycles. The highest BCUT2D eigenvalue weighted by Gasteiger charge is 2.11. The summed E-state index contributed by atoms with van der Waals surface area (Å²) in [5.41, 5.74) is 2.36. The van der Waals surface area contributed by atoms with Crippen molar-refractivity contribution in [1.29, 1.82) is 0 Å². The maximum Gasteiger partial charge on any atom is 0.258 e. The Balaban J connectivity index is 1.92. The molecule has 0 radical (unpaired) electrons. The molecule has 0 bridgehead atoms. The SMILES string of the molecule is Cc1ccc(OCC(=O)N[C@H](C)c2cccc(NS(C)(=O)=O)c2)cc1. The first-order valence-electron chi connectivity index (χ1n) is 7.79. The van der Waals surface area contributed by atoms with Gasteiger partial charge >= 0.3 is 0 Å². The minimum atomic E-state index is -3.34. The van der Waals surface area contributed by atoms with Gasteiger partial charge in [0.15, 0.2) is 6.61 Å². The van der Waals surface area contributed by atoms with Crippen molar-refractivity contribution in [1.82, 2.24) is 5.32 Å². The number of carbonyl (C=O) groups excluding carboxylic acids is 1. The number of amides is 1. The molecule has 2 rings (SSSR count). The van der Waals surface area contributed by atoms with E-state index in [1.165, 1.54) is 0 Å². The first-order valence-corrected chi connectivity index (χ1v) is 9.69. The molecule has 2 N–H and O–H groups in total. The minimum absolute atomic E-state index is 0.0886. The Morgan fingerprint density at radius 2 is 1.84 bits per heavy atom. The summed E-state index contributed by atoms with van der Waals surface area (Å²) in [5.74, 6) is 0.377. The number of carbonyl (C=O) groups is 1. The molecule has 1 atom stereocenters. The molecule has 0 spiro atoms. The summed E-state index contributed by atoms with van der Waals surface area (Å²) in [4.78, 5) is 12.0. The third kappa shape index (κ3) is 6.46. The van der Waals surface area contributed by atoms with Gasteiger partial charge in [0.05, 0.1) is 12.3 Å². The number of hydrogen-bond acceptors (Lipinski definition) is 4. The van der Waals surface area contributed by atoms with E-state index in [2.05, 4.69) is 10.0 Å². The van der Waals surface area contributed by atoms with Crippen LogP contribution in [-0.4, -0.2) is 27.2 Å². The quantitative estimate of drug-likeness (QED) is 0.793. The zero-order valence-electron chi connectivity index (χ0n) is 14.4. The summed E-state index contributed by atoms with van der Waals surface area (Å²) in [6, 6.07) is 14.1. The molecule has 0 aromatic heterocycles. The van der Waals surface area contributed by atoms with Gasteiger partial charge in [0.1, 0.15) is 5.75 Å². The normalized spacial score (nSPS) is 12.3. The monoisotopic (exact) mass is 362 g/mol. The molecule has 0 unspecified atom stereocenters. The van der Waals surface area contributed by atoms with Gasteiger partial charge in [0.25, 0.3) is 5.91 Å². The van der Waals surface area contributed by atoms with Crippen molar-refractivity contribution in [3.8, 4) is 5.75 Å². The zero-order valence-corrected chi connectivity index (χ0v) is 15.3. The summed E-state index contributed by atoms with van der Waals surface area (Å²) in [7, 11) is -3.34. The van der Waals surface area contributed by atoms with Crippen LogP contribution in [0.2, 0.25) is 0 Å². The van der Waals surface area contributed by atoms with E-state index in [1.54, 1.807) is 18.2 Å². The minimum Gasteiger partial charge on any atom is -0.484 e. The number of anilines is 1. The average molecular weight is 362 g/mol. The van der Waals surface area contributed by atoms with Gasteiger partial charge in [-0.25, -0.2) is 8.42 Å². The molecule has 0 heterocycles. The second-order valence-electron chi connectivity index (χ2n) is 5.89. The summed E-state index contributed by atoms with van der Waals surface area (Å²) in [6.07, 6.45) is 1.09. The van der Waals surface area contributed by atoms with Gasteiger partial charge in [0, 0.05) is 5.69 Å². The van der Waals surface area contributed by atoms with E-state index >= 15 is 0 Å². The van der Waals surface area contributed by atoms with E-state index in [4.69, 9.17) is 4.74 Å². The van der Waals surface area contributed by atoms with Crippen molar-refractivity contribution in [3.63, 3.8) is 0 Å². The third-order valence-electron chi connectivity index (χ3n) is 3.46. The van der Waals surface area contributed by atoms with Gasteiger partial charge in [-0.1, -0.05) is 29.8 Å². The second kappa shape index (κ2) is 8.02. The molecule has 2 aromatic carbocycles. The number of rotatable bonds is 7. The number of aryl methyl sites for hydroxylation is 1. The standard InChI is InChI=1S/C18H22N2O4S/c1-13-7-9-17(10-8-13)24-12-18(21)19-14(2)15-5-4-6-16(11-15)20-25(3,22)23/h4-11,14,20H,12H2,1-3H3,(H,19,21)/t14-/m1/s1. The van der Waals surface area contributed by atoms with Crippen molar-refractivity contribution in [2.45, 2.75) is 19.9 Å². The van der Waals surface area contributed by atoms with Gasteiger partial charge in [-0.2, -0.15) is 0 Å². The summed E-state index contributed by atoms with van der Waals surface area (Å²) >= 11 is 0. The number of sulfonamides is 1. The Kier molecular flexibility index (Phi) is 6.03. The first kappa shape index (κ1) is 18.8. The summed E-state index contributed by atoms with van der Waals surface area (Å²) < 4.78 is 30.5. The van der Waals surface area contributed by atoms with E-state index < -0.39 is 10.0 Å². The lowest BCUT2D eigenvalue weighted by atomic mass is 10.1. The number of ether oxygens (including phenoxy) is 1. The highest BCUT2D eigenvalue weighted by molar-refractivity contribution is 7.92. The van der Waals surface area contributed by atoms with Crippen LogP contribution in [0.4, 0.5) is 5.69 Å². The molecule has 2 aromatic rings. The Morgan fingerprint density at radius 1 is 1.16 bits per heavy atom. The summed E-state index contributed by atoms with van der Waals surface area (Å²) in [5, 5.41) is 2.83. The van der Waals surface area contributed by atoms with Gasteiger partial charge in [-0.05, 0) is 43.7 Å². The Morgan fingerprint density at radius 3 is 2.48 bits per heavy atom. The largest absolute Gasteiger partial charge is 0.484 e. The highest BCUT2D eigenvalue weighted by atomic mass is 32.2. The van der Waals surface area contributed by atoms with Crippen LogP contribution < -0.4 is 14.8 Å². The van der Waals surface area contributed by atoms with Crippen LogP contribution in [0.3, 0.4) is 0 Å². The Bertz CT molecular complexity index is 832. The van der Waals surface area contributed by atoms with Crippen LogP contribution in [0.1, 0.15) is 24.1 Å². The van der Waals surface area contributed by atoms with Gasteiger partial charge < -0.3 is 10.1 Å². The Hall–Kier alpha value is -2.54. The Labute approximate surface area is 148 Å². The molecule has 0 aliphatic rings. The molecule has 0 aliphatic heterocycles. The van der Waals surface area contributed by atoms with Gasteiger partial charge in [0.2, 0.25) is 10.0 Å². The van der Waals surface area contributed by atoms with Crippen molar-refractivity contribution in [2.75, 3.05) is 17.6 Å². The van der Waals surface area contributed by atoms with Crippen molar-refractivity contribution >= 4 is 21.6 Å². The van der Waals surface area contributed by atoms with Crippen LogP contribution in [0.5, 0.6) is 5.75 Å². The molecule has 7 heteroatoms. The lowest BCUT2D eigenvalue weighted by molar-refractivity contribution is -0.123. The van der Waals surface area contributed by atoms with Crippen LogP contribution in [0, 0.1) is 6.92 Å². The van der Waals surface area contributed by atoms with Crippen LogP contribution in [0.15, 0.2) is 48.5 Å². The van der Waals surface area contributed by atoms with Crippen LogP contribution in [-0.2, 0) is 14.8 Å². The predicted molar refractivity (Wildman–Crippen MR) is 98.1 cm³/mol. The fourth-order valence-electron chi connectivity index (χ4n) is 2.24. The van der Waals surface area contributed by atoms with Crippen molar-refractivity contribution < 1.29 is 17.9 Å². The van der Waals surface area contributed by atoms with Crippen molar-refractivity contribution in [2.24, 2.45) is 0 Å².